The molecule has 3 aromatic heterocycles. The molecule has 2 aromatic carbocycles. The van der Waals surface area contributed by atoms with Crippen molar-refractivity contribution in [2.24, 2.45) is 7.05 Å². The third-order valence-corrected chi connectivity index (χ3v) is 6.94. The minimum Gasteiger partial charge on any atom is -0.304 e. The van der Waals surface area contributed by atoms with Crippen LogP contribution in [0.25, 0.3) is 22.2 Å². The number of halogens is 3. The summed E-state index contributed by atoms with van der Waals surface area (Å²) in [4.78, 5) is 18.2. The number of carbonyl (C=O) groups excluding carboxylic acids is 1. The number of amides is 1. The molecule has 0 spiro atoms. The van der Waals surface area contributed by atoms with E-state index in [0.717, 1.165) is 27.7 Å². The SMILES string of the molecule is Cc1c(-c2cc(C(=O)Nc3nn(Cc4ccc(Cl)cc4Cl)cc3Br)c3ccccc3n2)cnn1C. The number of pyridine rings is 1. The standard InChI is InChI=1S/C25H19BrCl2N6O/c1-14-19(11-29-33(14)2)23-10-18(17-5-3-4-6-22(17)30-23)25(35)31-24-20(26)13-34(32-24)12-15-7-8-16(27)9-21(15)28/h3-11,13H,12H2,1-2H3,(H,31,32,35). The number of aryl methyl sites for hydroxylation is 1. The highest BCUT2D eigenvalue weighted by Crippen LogP contribution is 2.29. The number of para-hydroxylation sites is 1. The smallest absolute Gasteiger partial charge is 0.257 e. The van der Waals surface area contributed by atoms with Gasteiger partial charge in [0, 0.05) is 39.9 Å². The number of benzene rings is 2. The van der Waals surface area contributed by atoms with Crippen LogP contribution in [0.5, 0.6) is 0 Å². The molecule has 10 heteroatoms. The lowest BCUT2D eigenvalue weighted by Crippen LogP contribution is -2.14. The van der Waals surface area contributed by atoms with Crippen LogP contribution in [0, 0.1) is 6.92 Å². The molecule has 0 bridgehead atoms. The van der Waals surface area contributed by atoms with Gasteiger partial charge in [0.25, 0.3) is 5.91 Å². The fourth-order valence-corrected chi connectivity index (χ4v) is 4.70. The van der Waals surface area contributed by atoms with Crippen molar-refractivity contribution in [3.8, 4) is 11.3 Å². The predicted octanol–water partition coefficient (Wildman–Crippen LogP) is 6.51. The van der Waals surface area contributed by atoms with Crippen LogP contribution < -0.4 is 5.32 Å². The molecule has 1 N–H and O–H groups in total. The fourth-order valence-electron chi connectivity index (χ4n) is 3.81. The first-order valence-electron chi connectivity index (χ1n) is 10.7. The van der Waals surface area contributed by atoms with E-state index in [1.807, 2.05) is 44.3 Å². The molecule has 0 aliphatic heterocycles. The van der Waals surface area contributed by atoms with Crippen LogP contribution in [0.4, 0.5) is 5.82 Å². The molecule has 0 aliphatic rings. The molecule has 176 valence electrons. The van der Waals surface area contributed by atoms with Gasteiger partial charge in [-0.2, -0.15) is 10.2 Å². The van der Waals surface area contributed by atoms with Crippen molar-refractivity contribution in [2.45, 2.75) is 13.5 Å². The Morgan fingerprint density at radius 1 is 1.14 bits per heavy atom. The van der Waals surface area contributed by atoms with Gasteiger partial charge in [0.15, 0.2) is 5.82 Å². The number of nitrogens with one attached hydrogen (secondary N) is 1. The number of hydrogen-bond donors (Lipinski definition) is 1. The van der Waals surface area contributed by atoms with Crippen molar-refractivity contribution in [1.29, 1.82) is 0 Å². The minimum atomic E-state index is -0.290. The van der Waals surface area contributed by atoms with Gasteiger partial charge in [0.2, 0.25) is 0 Å². The second-order valence-electron chi connectivity index (χ2n) is 8.05. The Bertz CT molecular complexity index is 1590. The van der Waals surface area contributed by atoms with E-state index >= 15 is 0 Å². The van der Waals surface area contributed by atoms with E-state index in [0.29, 0.717) is 38.1 Å². The van der Waals surface area contributed by atoms with Crippen molar-refractivity contribution < 1.29 is 4.79 Å². The fraction of sp³-hybridized carbons (Fsp3) is 0.120. The normalized spacial score (nSPS) is 11.2. The molecule has 0 saturated carbocycles. The van der Waals surface area contributed by atoms with Gasteiger partial charge in [-0.15, -0.1) is 0 Å². The summed E-state index contributed by atoms with van der Waals surface area (Å²) in [6, 6.07) is 14.7. The molecule has 0 unspecified atom stereocenters. The Morgan fingerprint density at radius 2 is 1.94 bits per heavy atom. The average Bonchev–Trinajstić information content (AvgIpc) is 3.35. The third-order valence-electron chi connectivity index (χ3n) is 5.77. The highest BCUT2D eigenvalue weighted by molar-refractivity contribution is 9.10. The maximum absolute atomic E-state index is 13.4. The Balaban J connectivity index is 1.47. The van der Waals surface area contributed by atoms with Gasteiger partial charge < -0.3 is 5.32 Å². The molecule has 0 fully saturated rings. The lowest BCUT2D eigenvalue weighted by Gasteiger charge is -2.10. The van der Waals surface area contributed by atoms with Crippen LogP contribution in [0.2, 0.25) is 10.0 Å². The quantitative estimate of drug-likeness (QED) is 0.262. The van der Waals surface area contributed by atoms with E-state index < -0.39 is 0 Å². The number of fused-ring (bicyclic) bond motifs is 1. The van der Waals surface area contributed by atoms with Gasteiger partial charge in [-0.1, -0.05) is 47.5 Å². The van der Waals surface area contributed by atoms with Crippen molar-refractivity contribution >= 4 is 61.8 Å². The number of anilines is 1. The molecule has 5 rings (SSSR count). The number of aromatic nitrogens is 5. The number of carbonyl (C=O) groups is 1. The Kier molecular flexibility index (Phi) is 6.35. The summed E-state index contributed by atoms with van der Waals surface area (Å²) in [7, 11) is 1.87. The highest BCUT2D eigenvalue weighted by Gasteiger charge is 2.18. The monoisotopic (exact) mass is 568 g/mol. The van der Waals surface area contributed by atoms with E-state index in [-0.39, 0.29) is 5.91 Å². The molecule has 0 radical (unpaired) electrons. The number of nitrogens with zero attached hydrogens (tertiary/aromatic N) is 5. The van der Waals surface area contributed by atoms with Gasteiger partial charge in [0.1, 0.15) is 0 Å². The van der Waals surface area contributed by atoms with Crippen LogP contribution >= 0.6 is 39.1 Å². The summed E-state index contributed by atoms with van der Waals surface area (Å²) < 4.78 is 4.13. The van der Waals surface area contributed by atoms with Crippen molar-refractivity contribution in [2.75, 3.05) is 5.32 Å². The Labute approximate surface area is 219 Å². The van der Waals surface area contributed by atoms with Gasteiger partial charge in [-0.05, 0) is 52.7 Å². The van der Waals surface area contributed by atoms with E-state index in [1.165, 1.54) is 0 Å². The van der Waals surface area contributed by atoms with Crippen molar-refractivity contribution in [3.63, 3.8) is 0 Å². The lowest BCUT2D eigenvalue weighted by molar-refractivity contribution is 0.102. The molecular formula is C25H19BrCl2N6O. The molecular weight excluding hydrogens is 551 g/mol. The van der Waals surface area contributed by atoms with Gasteiger partial charge in [-0.25, -0.2) is 4.98 Å². The zero-order valence-corrected chi connectivity index (χ0v) is 21.9. The van der Waals surface area contributed by atoms with Crippen LogP contribution in [0.1, 0.15) is 21.6 Å². The van der Waals surface area contributed by atoms with Crippen LogP contribution in [-0.2, 0) is 13.6 Å². The summed E-state index contributed by atoms with van der Waals surface area (Å²) in [6.07, 6.45) is 3.55. The van der Waals surface area contributed by atoms with Gasteiger partial charge in [-0.3, -0.25) is 14.2 Å². The molecule has 0 atom stereocenters. The van der Waals surface area contributed by atoms with Gasteiger partial charge >= 0.3 is 0 Å². The molecule has 0 saturated heterocycles. The molecule has 3 heterocycles. The van der Waals surface area contributed by atoms with Crippen LogP contribution in [0.3, 0.4) is 0 Å². The second-order valence-corrected chi connectivity index (χ2v) is 9.75. The Hall–Kier alpha value is -3.20. The maximum Gasteiger partial charge on any atom is 0.257 e. The highest BCUT2D eigenvalue weighted by atomic mass is 79.9. The number of hydrogen-bond acceptors (Lipinski definition) is 4. The maximum atomic E-state index is 13.4. The largest absolute Gasteiger partial charge is 0.304 e. The first-order valence-corrected chi connectivity index (χ1v) is 12.2. The summed E-state index contributed by atoms with van der Waals surface area (Å²) in [5, 5.41) is 13.6. The number of rotatable bonds is 5. The first kappa shape index (κ1) is 23.5. The van der Waals surface area contributed by atoms with Gasteiger partial charge in [0.05, 0.1) is 34.0 Å². The van der Waals surface area contributed by atoms with Crippen LogP contribution in [0.15, 0.2) is 65.4 Å². The Morgan fingerprint density at radius 3 is 2.69 bits per heavy atom. The van der Waals surface area contributed by atoms with Crippen molar-refractivity contribution in [3.05, 3.63) is 92.3 Å². The van der Waals surface area contributed by atoms with Crippen LogP contribution in [-0.4, -0.2) is 30.5 Å². The van der Waals surface area contributed by atoms with E-state index in [9.17, 15) is 4.79 Å². The molecule has 1 amide bonds. The third kappa shape index (κ3) is 4.69. The van der Waals surface area contributed by atoms with E-state index in [4.69, 9.17) is 28.2 Å². The molecule has 35 heavy (non-hydrogen) atoms. The topological polar surface area (TPSA) is 77.6 Å². The molecule has 0 aliphatic carbocycles. The van der Waals surface area contributed by atoms with E-state index in [2.05, 4.69) is 31.4 Å². The predicted molar refractivity (Wildman–Crippen MR) is 142 cm³/mol. The second kappa shape index (κ2) is 9.45. The summed E-state index contributed by atoms with van der Waals surface area (Å²) in [5.41, 5.74) is 4.59. The summed E-state index contributed by atoms with van der Waals surface area (Å²) >= 11 is 15.8. The zero-order chi connectivity index (χ0) is 24.7. The minimum absolute atomic E-state index is 0.290. The zero-order valence-electron chi connectivity index (χ0n) is 18.8. The lowest BCUT2D eigenvalue weighted by atomic mass is 10.0. The molecule has 7 nitrogen and oxygen atoms in total. The average molecular weight is 570 g/mol. The van der Waals surface area contributed by atoms with E-state index in [1.54, 1.807) is 40.0 Å². The summed E-state index contributed by atoms with van der Waals surface area (Å²) in [6.45, 7) is 2.39. The van der Waals surface area contributed by atoms with Crippen molar-refractivity contribution in [1.82, 2.24) is 24.5 Å². The molecule has 5 aromatic rings. The summed E-state index contributed by atoms with van der Waals surface area (Å²) in [5.74, 6) is 0.113. The first-order chi connectivity index (χ1) is 16.8.